The van der Waals surface area contributed by atoms with Gasteiger partial charge in [0.25, 0.3) is 5.91 Å². The zero-order valence-electron chi connectivity index (χ0n) is 19.9. The SMILES string of the molecule is COc1ccc2c(c1)/C(=C/C(=O)c1ccc(C(=O)NCC3CCCCC3)cc1)NC(C)(C)C2. The van der Waals surface area contributed by atoms with Gasteiger partial charge in [-0.3, -0.25) is 9.59 Å². The standard InChI is InChI=1S/C28H34N2O3/c1-28(2)17-22-13-14-23(33-3)15-24(22)25(30-28)16-26(31)20-9-11-21(12-10-20)27(32)29-18-19-7-5-4-6-8-19/h9-16,19,30H,4-8,17-18H2,1-3H3,(H,29,32)/b25-16-. The van der Waals surface area contributed by atoms with Crippen LogP contribution in [-0.2, 0) is 6.42 Å². The molecule has 1 aliphatic carbocycles. The van der Waals surface area contributed by atoms with Crippen molar-refractivity contribution in [2.45, 2.75) is 57.9 Å². The molecule has 1 saturated carbocycles. The van der Waals surface area contributed by atoms with Crippen molar-refractivity contribution in [3.05, 3.63) is 70.8 Å². The van der Waals surface area contributed by atoms with Gasteiger partial charge in [-0.15, -0.1) is 0 Å². The van der Waals surface area contributed by atoms with Crippen LogP contribution in [0.15, 0.2) is 48.5 Å². The van der Waals surface area contributed by atoms with E-state index in [4.69, 9.17) is 4.74 Å². The summed E-state index contributed by atoms with van der Waals surface area (Å²) >= 11 is 0. The molecule has 4 rings (SSSR count). The molecule has 5 nitrogen and oxygen atoms in total. The Morgan fingerprint density at radius 1 is 1.06 bits per heavy atom. The van der Waals surface area contributed by atoms with E-state index in [-0.39, 0.29) is 17.2 Å². The molecule has 2 aliphatic rings. The summed E-state index contributed by atoms with van der Waals surface area (Å²) < 4.78 is 5.39. The molecule has 2 N–H and O–H groups in total. The number of nitrogens with one attached hydrogen (secondary N) is 2. The highest BCUT2D eigenvalue weighted by atomic mass is 16.5. The minimum atomic E-state index is -0.159. The molecule has 1 amide bonds. The first kappa shape index (κ1) is 23.1. The number of carbonyl (C=O) groups is 2. The van der Waals surface area contributed by atoms with Gasteiger partial charge in [0, 0.05) is 40.5 Å². The molecular weight excluding hydrogens is 412 g/mol. The summed E-state index contributed by atoms with van der Waals surface area (Å²) in [5.41, 5.74) is 3.94. The zero-order valence-corrected chi connectivity index (χ0v) is 19.9. The van der Waals surface area contributed by atoms with Crippen LogP contribution in [0.3, 0.4) is 0 Å². The normalized spacial score (nSPS) is 18.8. The predicted molar refractivity (Wildman–Crippen MR) is 132 cm³/mol. The third-order valence-electron chi connectivity index (χ3n) is 6.70. The van der Waals surface area contributed by atoms with Gasteiger partial charge in [-0.2, -0.15) is 0 Å². The Morgan fingerprint density at radius 2 is 1.76 bits per heavy atom. The summed E-state index contributed by atoms with van der Waals surface area (Å²) in [6, 6.07) is 12.9. The van der Waals surface area contributed by atoms with Gasteiger partial charge in [0.05, 0.1) is 7.11 Å². The highest BCUT2D eigenvalue weighted by molar-refractivity contribution is 6.09. The third-order valence-corrected chi connectivity index (χ3v) is 6.70. The molecule has 0 atom stereocenters. The van der Waals surface area contributed by atoms with Crippen molar-refractivity contribution in [2.24, 2.45) is 5.92 Å². The van der Waals surface area contributed by atoms with Crippen LogP contribution in [0.4, 0.5) is 0 Å². The van der Waals surface area contributed by atoms with Gasteiger partial charge >= 0.3 is 0 Å². The van der Waals surface area contributed by atoms with Crippen molar-refractivity contribution in [3.63, 3.8) is 0 Å². The van der Waals surface area contributed by atoms with E-state index in [0.717, 1.165) is 30.0 Å². The summed E-state index contributed by atoms with van der Waals surface area (Å²) in [7, 11) is 1.64. The first-order chi connectivity index (χ1) is 15.8. The van der Waals surface area contributed by atoms with Crippen LogP contribution in [0.5, 0.6) is 5.75 Å². The summed E-state index contributed by atoms with van der Waals surface area (Å²) in [4.78, 5) is 25.6. The number of fused-ring (bicyclic) bond motifs is 1. The van der Waals surface area contributed by atoms with E-state index in [1.165, 1.54) is 37.7 Å². The highest BCUT2D eigenvalue weighted by Crippen LogP contribution is 2.32. The van der Waals surface area contributed by atoms with Crippen LogP contribution in [0.2, 0.25) is 0 Å². The van der Waals surface area contributed by atoms with E-state index in [9.17, 15) is 9.59 Å². The van der Waals surface area contributed by atoms with Gasteiger partial charge in [-0.1, -0.05) is 37.5 Å². The molecule has 2 aromatic rings. The smallest absolute Gasteiger partial charge is 0.251 e. The molecule has 0 radical (unpaired) electrons. The fraction of sp³-hybridized carbons (Fsp3) is 0.429. The fourth-order valence-electron chi connectivity index (χ4n) is 4.88. The number of hydrogen-bond acceptors (Lipinski definition) is 4. The monoisotopic (exact) mass is 446 g/mol. The average Bonchev–Trinajstić information content (AvgIpc) is 2.82. The molecule has 33 heavy (non-hydrogen) atoms. The lowest BCUT2D eigenvalue weighted by Gasteiger charge is -2.35. The minimum Gasteiger partial charge on any atom is -0.497 e. The zero-order chi connectivity index (χ0) is 23.4. The topological polar surface area (TPSA) is 67.4 Å². The third kappa shape index (κ3) is 5.65. The minimum absolute atomic E-state index is 0.0744. The largest absolute Gasteiger partial charge is 0.497 e. The maximum absolute atomic E-state index is 13.1. The van der Waals surface area contributed by atoms with Crippen LogP contribution < -0.4 is 15.4 Å². The predicted octanol–water partition coefficient (Wildman–Crippen LogP) is 5.15. The molecule has 0 aromatic heterocycles. The second-order valence-corrected chi connectivity index (χ2v) is 9.92. The summed E-state index contributed by atoms with van der Waals surface area (Å²) in [5.74, 6) is 1.17. The van der Waals surface area contributed by atoms with E-state index < -0.39 is 0 Å². The van der Waals surface area contributed by atoms with Gasteiger partial charge in [-0.05, 0) is 68.9 Å². The Morgan fingerprint density at radius 3 is 2.45 bits per heavy atom. The number of hydrogen-bond donors (Lipinski definition) is 2. The molecule has 5 heteroatoms. The number of amides is 1. The maximum atomic E-state index is 13.1. The highest BCUT2D eigenvalue weighted by Gasteiger charge is 2.28. The van der Waals surface area contributed by atoms with Crippen LogP contribution in [0, 0.1) is 5.92 Å². The molecule has 0 bridgehead atoms. The molecule has 174 valence electrons. The van der Waals surface area contributed by atoms with Crippen molar-refractivity contribution >= 4 is 17.4 Å². The molecule has 1 aliphatic heterocycles. The molecule has 1 heterocycles. The molecule has 0 saturated heterocycles. The van der Waals surface area contributed by atoms with Crippen molar-refractivity contribution in [1.29, 1.82) is 0 Å². The number of rotatable bonds is 6. The molecule has 1 fully saturated rings. The summed E-state index contributed by atoms with van der Waals surface area (Å²) in [6.45, 7) is 4.98. The Labute approximate surface area is 196 Å². The lowest BCUT2D eigenvalue weighted by atomic mass is 9.85. The number of methoxy groups -OCH3 is 1. The first-order valence-corrected chi connectivity index (χ1v) is 11.9. The van der Waals surface area contributed by atoms with E-state index in [1.807, 2.05) is 12.1 Å². The molecule has 0 unspecified atom stereocenters. The van der Waals surface area contributed by atoms with E-state index >= 15 is 0 Å². The lowest BCUT2D eigenvalue weighted by molar-refractivity contribution is 0.0942. The Kier molecular flexibility index (Phi) is 6.87. The summed E-state index contributed by atoms with van der Waals surface area (Å²) in [6.07, 6.45) is 8.73. The lowest BCUT2D eigenvalue weighted by Crippen LogP contribution is -2.43. The van der Waals surface area contributed by atoms with Crippen LogP contribution >= 0.6 is 0 Å². The van der Waals surface area contributed by atoms with Crippen molar-refractivity contribution in [1.82, 2.24) is 10.6 Å². The second-order valence-electron chi connectivity index (χ2n) is 9.92. The molecule has 0 spiro atoms. The molecule has 2 aromatic carbocycles. The fourth-order valence-corrected chi connectivity index (χ4v) is 4.88. The first-order valence-electron chi connectivity index (χ1n) is 11.9. The van der Waals surface area contributed by atoms with Crippen molar-refractivity contribution in [2.75, 3.05) is 13.7 Å². The number of allylic oxidation sites excluding steroid dienone is 1. The summed E-state index contributed by atoms with van der Waals surface area (Å²) in [5, 5.41) is 6.56. The van der Waals surface area contributed by atoms with E-state index in [0.29, 0.717) is 17.0 Å². The number of carbonyl (C=O) groups excluding carboxylic acids is 2. The quantitative estimate of drug-likeness (QED) is 0.475. The Hall–Kier alpha value is -3.08. The van der Waals surface area contributed by atoms with Crippen LogP contribution in [-0.4, -0.2) is 30.9 Å². The Bertz CT molecular complexity index is 1050. The maximum Gasteiger partial charge on any atom is 0.251 e. The number of ether oxygens (including phenoxy) is 1. The van der Waals surface area contributed by atoms with Crippen molar-refractivity contribution in [3.8, 4) is 5.75 Å². The van der Waals surface area contributed by atoms with Gasteiger partial charge in [0.15, 0.2) is 5.78 Å². The van der Waals surface area contributed by atoms with Crippen LogP contribution in [0.1, 0.15) is 77.8 Å². The second kappa shape index (κ2) is 9.82. The average molecular weight is 447 g/mol. The van der Waals surface area contributed by atoms with Gasteiger partial charge in [0.2, 0.25) is 0 Å². The van der Waals surface area contributed by atoms with E-state index in [2.05, 4.69) is 30.5 Å². The Balaban J connectivity index is 1.47. The van der Waals surface area contributed by atoms with Crippen LogP contribution in [0.25, 0.3) is 5.70 Å². The van der Waals surface area contributed by atoms with Crippen molar-refractivity contribution < 1.29 is 14.3 Å². The number of benzene rings is 2. The number of ketones is 1. The van der Waals surface area contributed by atoms with E-state index in [1.54, 1.807) is 37.5 Å². The molecular formula is C28H34N2O3. The van der Waals surface area contributed by atoms with Gasteiger partial charge in [-0.25, -0.2) is 0 Å². The van der Waals surface area contributed by atoms with Gasteiger partial charge < -0.3 is 15.4 Å². The van der Waals surface area contributed by atoms with Gasteiger partial charge in [0.1, 0.15) is 5.75 Å².